The van der Waals surface area contributed by atoms with Gasteiger partial charge in [-0.25, -0.2) is 14.5 Å². The van der Waals surface area contributed by atoms with E-state index in [4.69, 9.17) is 4.74 Å². The first-order valence-corrected chi connectivity index (χ1v) is 12.0. The van der Waals surface area contributed by atoms with Gasteiger partial charge in [-0.15, -0.1) is 0 Å². The first-order valence-electron chi connectivity index (χ1n) is 11.3. The molecule has 4 amide bonds. The number of amides is 4. The van der Waals surface area contributed by atoms with Crippen LogP contribution in [0.15, 0.2) is 70.7 Å². The third-order valence-corrected chi connectivity index (χ3v) is 6.09. The fraction of sp³-hybridized carbons (Fsp3) is 0.143. The lowest BCUT2D eigenvalue weighted by Crippen LogP contribution is -2.54. The molecule has 1 aliphatic rings. The SMILES string of the molecule is COC(=O)c1ccc(N2C(=O)NC(=O)/C(=C\c3cc(Br)ccc3OCc3cc(C)cc(C)c3)C2=O)cc1. The third kappa shape index (κ3) is 5.78. The maximum atomic E-state index is 13.3. The first-order chi connectivity index (χ1) is 17.7. The molecule has 0 spiro atoms. The average molecular weight is 563 g/mol. The molecule has 3 aromatic rings. The van der Waals surface area contributed by atoms with Crippen molar-refractivity contribution in [3.05, 3.63) is 98.5 Å². The van der Waals surface area contributed by atoms with Crippen LogP contribution in [0.4, 0.5) is 10.5 Å². The van der Waals surface area contributed by atoms with Crippen molar-refractivity contribution < 1.29 is 28.7 Å². The van der Waals surface area contributed by atoms with Gasteiger partial charge in [-0.1, -0.05) is 45.3 Å². The van der Waals surface area contributed by atoms with Gasteiger partial charge in [-0.05, 0) is 68.0 Å². The number of nitrogens with zero attached hydrogens (tertiary/aromatic N) is 1. The van der Waals surface area contributed by atoms with E-state index in [9.17, 15) is 19.2 Å². The second kappa shape index (κ2) is 10.8. The summed E-state index contributed by atoms with van der Waals surface area (Å²) in [5.74, 6) is -1.72. The van der Waals surface area contributed by atoms with Crippen LogP contribution in [0.1, 0.15) is 32.6 Å². The maximum Gasteiger partial charge on any atom is 0.337 e. The van der Waals surface area contributed by atoms with Gasteiger partial charge in [-0.2, -0.15) is 0 Å². The quantitative estimate of drug-likeness (QED) is 0.255. The predicted molar refractivity (Wildman–Crippen MR) is 141 cm³/mol. The standard InChI is InChI=1S/C28H23BrN2O6/c1-16-10-17(2)12-18(11-16)15-37-24-9-6-21(29)13-20(24)14-23-25(32)30-28(35)31(26(23)33)22-7-4-19(5-8-22)27(34)36-3/h4-14H,15H2,1-3H3,(H,30,32,35)/b23-14+. The molecule has 0 bridgehead atoms. The molecule has 0 atom stereocenters. The van der Waals surface area contributed by atoms with Crippen LogP contribution in [0.5, 0.6) is 5.75 Å². The van der Waals surface area contributed by atoms with Crippen molar-refractivity contribution in [2.45, 2.75) is 20.5 Å². The van der Waals surface area contributed by atoms with E-state index in [-0.39, 0.29) is 23.4 Å². The minimum atomic E-state index is -0.890. The van der Waals surface area contributed by atoms with Gasteiger partial charge in [0.25, 0.3) is 11.8 Å². The summed E-state index contributed by atoms with van der Waals surface area (Å²) in [6.07, 6.45) is 1.39. The maximum absolute atomic E-state index is 13.3. The summed E-state index contributed by atoms with van der Waals surface area (Å²) in [5, 5.41) is 2.20. The first kappa shape index (κ1) is 25.8. The number of rotatable bonds is 6. The lowest BCUT2D eigenvalue weighted by atomic mass is 10.1. The number of esters is 1. The zero-order chi connectivity index (χ0) is 26.7. The Kier molecular flexibility index (Phi) is 7.54. The second-order valence-corrected chi connectivity index (χ2v) is 9.38. The van der Waals surface area contributed by atoms with E-state index < -0.39 is 23.8 Å². The number of carbonyl (C=O) groups is 4. The number of urea groups is 1. The number of aryl methyl sites for hydroxylation is 2. The van der Waals surface area contributed by atoms with E-state index in [0.29, 0.717) is 15.8 Å². The lowest BCUT2D eigenvalue weighted by Gasteiger charge is -2.26. The number of nitrogens with one attached hydrogen (secondary N) is 1. The van der Waals surface area contributed by atoms with Gasteiger partial charge in [-0.3, -0.25) is 14.9 Å². The van der Waals surface area contributed by atoms with E-state index >= 15 is 0 Å². The van der Waals surface area contributed by atoms with Crippen molar-refractivity contribution in [2.24, 2.45) is 0 Å². The largest absolute Gasteiger partial charge is 0.488 e. The fourth-order valence-electron chi connectivity index (χ4n) is 3.99. The summed E-state index contributed by atoms with van der Waals surface area (Å²) in [6, 6.07) is 16.2. The van der Waals surface area contributed by atoms with Gasteiger partial charge in [0.1, 0.15) is 17.9 Å². The lowest BCUT2D eigenvalue weighted by molar-refractivity contribution is -0.122. The number of ether oxygens (including phenoxy) is 2. The number of hydrogen-bond donors (Lipinski definition) is 1. The highest BCUT2D eigenvalue weighted by atomic mass is 79.9. The molecule has 1 saturated heterocycles. The number of imide groups is 2. The fourth-order valence-corrected chi connectivity index (χ4v) is 4.37. The molecule has 0 saturated carbocycles. The predicted octanol–water partition coefficient (Wildman–Crippen LogP) is 5.10. The summed E-state index contributed by atoms with van der Waals surface area (Å²) < 4.78 is 11.4. The Hall–Kier alpha value is -4.24. The molecule has 0 unspecified atom stereocenters. The van der Waals surface area contributed by atoms with Crippen molar-refractivity contribution in [1.82, 2.24) is 5.32 Å². The number of hydrogen-bond acceptors (Lipinski definition) is 6. The molecular formula is C28H23BrN2O6. The highest BCUT2D eigenvalue weighted by Crippen LogP contribution is 2.29. The monoisotopic (exact) mass is 562 g/mol. The minimum absolute atomic E-state index is 0.189. The van der Waals surface area contributed by atoms with Crippen LogP contribution in [-0.2, 0) is 20.9 Å². The number of halogens is 1. The Bertz CT molecular complexity index is 1430. The Morgan fingerprint density at radius 2 is 1.65 bits per heavy atom. The molecule has 188 valence electrons. The minimum Gasteiger partial charge on any atom is -0.488 e. The Morgan fingerprint density at radius 3 is 2.30 bits per heavy atom. The summed E-state index contributed by atoms with van der Waals surface area (Å²) in [5.41, 5.74) is 3.89. The Labute approximate surface area is 222 Å². The smallest absolute Gasteiger partial charge is 0.337 e. The average Bonchev–Trinajstić information content (AvgIpc) is 2.85. The number of barbiturate groups is 1. The molecule has 4 rings (SSSR count). The van der Waals surface area contributed by atoms with Crippen molar-refractivity contribution in [2.75, 3.05) is 12.0 Å². The van der Waals surface area contributed by atoms with Crippen LogP contribution in [0.3, 0.4) is 0 Å². The van der Waals surface area contributed by atoms with Crippen LogP contribution in [0, 0.1) is 13.8 Å². The van der Waals surface area contributed by atoms with Gasteiger partial charge in [0.15, 0.2) is 0 Å². The number of benzene rings is 3. The summed E-state index contributed by atoms with van der Waals surface area (Å²) in [6.45, 7) is 4.31. The van der Waals surface area contributed by atoms with Crippen molar-refractivity contribution >= 4 is 51.5 Å². The molecule has 1 N–H and O–H groups in total. The Balaban J connectivity index is 1.65. The molecule has 1 fully saturated rings. The molecule has 0 aromatic heterocycles. The van der Waals surface area contributed by atoms with E-state index in [2.05, 4.69) is 32.0 Å². The van der Waals surface area contributed by atoms with Gasteiger partial charge in [0, 0.05) is 10.0 Å². The third-order valence-electron chi connectivity index (χ3n) is 5.60. The van der Waals surface area contributed by atoms with Crippen molar-refractivity contribution in [3.63, 3.8) is 0 Å². The number of methoxy groups -OCH3 is 1. The van der Waals surface area contributed by atoms with Crippen LogP contribution >= 0.6 is 15.9 Å². The number of carbonyl (C=O) groups excluding carboxylic acids is 4. The van der Waals surface area contributed by atoms with E-state index in [1.165, 1.54) is 37.5 Å². The molecule has 37 heavy (non-hydrogen) atoms. The normalized spacial score (nSPS) is 14.5. The van der Waals surface area contributed by atoms with E-state index in [0.717, 1.165) is 21.6 Å². The Morgan fingerprint density at radius 1 is 0.973 bits per heavy atom. The zero-order valence-corrected chi connectivity index (χ0v) is 21.9. The zero-order valence-electron chi connectivity index (χ0n) is 20.3. The van der Waals surface area contributed by atoms with Crippen LogP contribution in [0.2, 0.25) is 0 Å². The van der Waals surface area contributed by atoms with Gasteiger partial charge in [0.05, 0.1) is 18.4 Å². The molecule has 9 heteroatoms. The molecule has 1 heterocycles. The second-order valence-electron chi connectivity index (χ2n) is 8.46. The van der Waals surface area contributed by atoms with E-state index in [1.807, 2.05) is 26.0 Å². The topological polar surface area (TPSA) is 102 Å². The molecule has 8 nitrogen and oxygen atoms in total. The summed E-state index contributed by atoms with van der Waals surface area (Å²) in [7, 11) is 1.25. The van der Waals surface area contributed by atoms with Crippen LogP contribution < -0.4 is 15.0 Å². The highest BCUT2D eigenvalue weighted by Gasteiger charge is 2.37. The van der Waals surface area contributed by atoms with Crippen molar-refractivity contribution in [3.8, 4) is 5.75 Å². The molecule has 1 aliphatic heterocycles. The van der Waals surface area contributed by atoms with Gasteiger partial charge < -0.3 is 9.47 Å². The van der Waals surface area contributed by atoms with Crippen LogP contribution in [0.25, 0.3) is 6.08 Å². The molecule has 0 radical (unpaired) electrons. The van der Waals surface area contributed by atoms with Gasteiger partial charge >= 0.3 is 12.0 Å². The number of anilines is 1. The van der Waals surface area contributed by atoms with Crippen molar-refractivity contribution in [1.29, 1.82) is 0 Å². The van der Waals surface area contributed by atoms with Gasteiger partial charge in [0.2, 0.25) is 0 Å². The summed E-state index contributed by atoms with van der Waals surface area (Å²) >= 11 is 3.42. The molecule has 0 aliphatic carbocycles. The summed E-state index contributed by atoms with van der Waals surface area (Å²) in [4.78, 5) is 51.1. The highest BCUT2D eigenvalue weighted by molar-refractivity contribution is 9.10. The van der Waals surface area contributed by atoms with E-state index in [1.54, 1.807) is 18.2 Å². The van der Waals surface area contributed by atoms with Crippen LogP contribution in [-0.4, -0.2) is 30.9 Å². The molecular weight excluding hydrogens is 540 g/mol. The molecule has 3 aromatic carbocycles.